The van der Waals surface area contributed by atoms with Crippen molar-refractivity contribution >= 4 is 5.96 Å². The Morgan fingerprint density at radius 3 is 2.52 bits per heavy atom. The predicted octanol–water partition coefficient (Wildman–Crippen LogP) is 3.60. The Balaban J connectivity index is 1.84. The van der Waals surface area contributed by atoms with Gasteiger partial charge in [-0.1, -0.05) is 44.2 Å². The summed E-state index contributed by atoms with van der Waals surface area (Å²) in [6.45, 7) is 6.87. The van der Waals surface area contributed by atoms with Crippen molar-refractivity contribution in [3.05, 3.63) is 60.1 Å². The van der Waals surface area contributed by atoms with Crippen molar-refractivity contribution < 1.29 is 4.42 Å². The number of furan rings is 1. The Morgan fingerprint density at radius 1 is 1.04 bits per heavy atom. The van der Waals surface area contributed by atoms with Crippen LogP contribution in [0, 0.1) is 5.92 Å². The molecule has 0 aliphatic rings. The first-order chi connectivity index (χ1) is 11.2. The molecular weight excluding hydrogens is 286 g/mol. The van der Waals surface area contributed by atoms with E-state index in [9.17, 15) is 0 Å². The molecule has 4 heteroatoms. The molecule has 124 valence electrons. The molecule has 0 saturated carbocycles. The van der Waals surface area contributed by atoms with Gasteiger partial charge in [0.15, 0.2) is 5.96 Å². The van der Waals surface area contributed by atoms with E-state index in [4.69, 9.17) is 4.42 Å². The Kier molecular flexibility index (Phi) is 7.24. The number of benzene rings is 1. The van der Waals surface area contributed by atoms with Crippen LogP contribution in [0.5, 0.6) is 0 Å². The second-order valence-electron chi connectivity index (χ2n) is 6.02. The quantitative estimate of drug-likeness (QED) is 0.578. The zero-order chi connectivity index (χ0) is 16.3. The summed E-state index contributed by atoms with van der Waals surface area (Å²) in [6, 6.07) is 14.2. The highest BCUT2D eigenvalue weighted by molar-refractivity contribution is 5.79. The molecular formula is C19H27N3O. The molecule has 1 heterocycles. The predicted molar refractivity (Wildman–Crippen MR) is 95.5 cm³/mol. The molecule has 2 aromatic rings. The third-order valence-electron chi connectivity index (χ3n) is 3.52. The van der Waals surface area contributed by atoms with Gasteiger partial charge in [0.1, 0.15) is 5.76 Å². The smallest absolute Gasteiger partial charge is 0.191 e. The topological polar surface area (TPSA) is 49.6 Å². The fourth-order valence-corrected chi connectivity index (χ4v) is 2.17. The van der Waals surface area contributed by atoms with Gasteiger partial charge in [-0.3, -0.25) is 0 Å². The monoisotopic (exact) mass is 313 g/mol. The van der Waals surface area contributed by atoms with Crippen LogP contribution in [0.25, 0.3) is 0 Å². The summed E-state index contributed by atoms with van der Waals surface area (Å²) in [6.07, 6.45) is 3.69. The van der Waals surface area contributed by atoms with Crippen molar-refractivity contribution in [3.63, 3.8) is 0 Å². The number of hydrogen-bond acceptors (Lipinski definition) is 2. The number of rotatable bonds is 8. The van der Waals surface area contributed by atoms with Crippen LogP contribution in [0.1, 0.15) is 31.6 Å². The van der Waals surface area contributed by atoms with E-state index in [0.29, 0.717) is 12.5 Å². The van der Waals surface area contributed by atoms with Gasteiger partial charge in [-0.05, 0) is 30.0 Å². The van der Waals surface area contributed by atoms with Crippen LogP contribution < -0.4 is 10.6 Å². The normalized spacial score (nSPS) is 11.7. The summed E-state index contributed by atoms with van der Waals surface area (Å²) >= 11 is 0. The molecule has 23 heavy (non-hydrogen) atoms. The second kappa shape index (κ2) is 9.72. The first kappa shape index (κ1) is 17.1. The van der Waals surface area contributed by atoms with Crippen molar-refractivity contribution in [1.29, 1.82) is 0 Å². The lowest BCUT2D eigenvalue weighted by Gasteiger charge is -2.13. The van der Waals surface area contributed by atoms with Gasteiger partial charge in [0.2, 0.25) is 0 Å². The highest BCUT2D eigenvalue weighted by Crippen LogP contribution is 2.02. The molecule has 0 bridgehead atoms. The van der Waals surface area contributed by atoms with Gasteiger partial charge in [-0.2, -0.15) is 0 Å². The minimum atomic E-state index is 0.679. The van der Waals surface area contributed by atoms with Crippen LogP contribution >= 0.6 is 0 Å². The van der Waals surface area contributed by atoms with Gasteiger partial charge >= 0.3 is 0 Å². The van der Waals surface area contributed by atoms with E-state index in [2.05, 4.69) is 41.6 Å². The molecule has 0 fully saturated rings. The van der Waals surface area contributed by atoms with Crippen LogP contribution in [0.4, 0.5) is 0 Å². The number of hydrogen-bond donors (Lipinski definition) is 2. The van der Waals surface area contributed by atoms with E-state index in [-0.39, 0.29) is 0 Å². The Bertz CT molecular complexity index is 562. The van der Waals surface area contributed by atoms with Gasteiger partial charge in [0.25, 0.3) is 0 Å². The van der Waals surface area contributed by atoms with Crippen molar-refractivity contribution in [2.24, 2.45) is 10.9 Å². The highest BCUT2D eigenvalue weighted by atomic mass is 16.3. The Morgan fingerprint density at radius 2 is 1.83 bits per heavy atom. The van der Waals surface area contributed by atoms with E-state index < -0.39 is 0 Å². The molecule has 0 radical (unpaired) electrons. The van der Waals surface area contributed by atoms with Crippen LogP contribution in [0.15, 0.2) is 58.1 Å². The molecule has 0 spiro atoms. The average Bonchev–Trinajstić information content (AvgIpc) is 3.06. The lowest BCUT2D eigenvalue weighted by atomic mass is 10.1. The standard InChI is InChI=1S/C19H27N3O/c1-16(2)10-12-20-19(21-13-11-18-9-6-14-23-18)22-15-17-7-4-3-5-8-17/h3-9,14,16H,10-13,15H2,1-2H3,(H2,20,21,22). The number of nitrogens with zero attached hydrogens (tertiary/aromatic N) is 1. The van der Waals surface area contributed by atoms with Crippen molar-refractivity contribution in [1.82, 2.24) is 10.6 Å². The summed E-state index contributed by atoms with van der Waals surface area (Å²) in [4.78, 5) is 4.67. The van der Waals surface area contributed by atoms with E-state index in [0.717, 1.165) is 37.7 Å². The molecule has 0 saturated heterocycles. The third kappa shape index (κ3) is 7.04. The number of nitrogens with one attached hydrogen (secondary N) is 2. The van der Waals surface area contributed by atoms with E-state index in [1.54, 1.807) is 6.26 Å². The summed E-state index contributed by atoms with van der Waals surface area (Å²) in [5.74, 6) is 2.53. The largest absolute Gasteiger partial charge is 0.469 e. The maximum atomic E-state index is 5.36. The zero-order valence-electron chi connectivity index (χ0n) is 14.1. The van der Waals surface area contributed by atoms with Crippen LogP contribution in [0.3, 0.4) is 0 Å². The summed E-state index contributed by atoms with van der Waals surface area (Å²) in [5.41, 5.74) is 1.21. The summed E-state index contributed by atoms with van der Waals surface area (Å²) in [5, 5.41) is 6.79. The Hall–Kier alpha value is -2.23. The summed E-state index contributed by atoms with van der Waals surface area (Å²) < 4.78 is 5.36. The third-order valence-corrected chi connectivity index (χ3v) is 3.52. The van der Waals surface area contributed by atoms with Gasteiger partial charge < -0.3 is 15.1 Å². The average molecular weight is 313 g/mol. The molecule has 0 unspecified atom stereocenters. The second-order valence-corrected chi connectivity index (χ2v) is 6.02. The van der Waals surface area contributed by atoms with Crippen molar-refractivity contribution in [2.75, 3.05) is 13.1 Å². The minimum absolute atomic E-state index is 0.679. The fourth-order valence-electron chi connectivity index (χ4n) is 2.17. The number of aliphatic imine (C=N–C) groups is 1. The number of guanidine groups is 1. The summed E-state index contributed by atoms with van der Waals surface area (Å²) in [7, 11) is 0. The zero-order valence-corrected chi connectivity index (χ0v) is 14.1. The van der Waals surface area contributed by atoms with Gasteiger partial charge in [0.05, 0.1) is 12.8 Å². The molecule has 0 atom stereocenters. The maximum Gasteiger partial charge on any atom is 0.191 e. The van der Waals surface area contributed by atoms with Crippen LogP contribution in [-0.2, 0) is 13.0 Å². The first-order valence-corrected chi connectivity index (χ1v) is 8.32. The fraction of sp³-hybridized carbons (Fsp3) is 0.421. The molecule has 0 amide bonds. The van der Waals surface area contributed by atoms with E-state index >= 15 is 0 Å². The van der Waals surface area contributed by atoms with Crippen molar-refractivity contribution in [3.8, 4) is 0 Å². The van der Waals surface area contributed by atoms with E-state index in [1.165, 1.54) is 5.56 Å². The molecule has 4 nitrogen and oxygen atoms in total. The molecule has 2 rings (SSSR count). The molecule has 1 aromatic heterocycles. The Labute approximate surface area is 139 Å². The molecule has 2 N–H and O–H groups in total. The molecule has 0 aliphatic heterocycles. The SMILES string of the molecule is CC(C)CCNC(=NCc1ccccc1)NCCc1ccco1. The lowest BCUT2D eigenvalue weighted by molar-refractivity contribution is 0.506. The maximum absolute atomic E-state index is 5.36. The highest BCUT2D eigenvalue weighted by Gasteiger charge is 2.01. The van der Waals surface area contributed by atoms with Crippen LogP contribution in [-0.4, -0.2) is 19.0 Å². The van der Waals surface area contributed by atoms with Gasteiger partial charge in [-0.25, -0.2) is 4.99 Å². The molecule has 1 aromatic carbocycles. The van der Waals surface area contributed by atoms with Crippen LogP contribution in [0.2, 0.25) is 0 Å². The van der Waals surface area contributed by atoms with Gasteiger partial charge in [-0.15, -0.1) is 0 Å². The first-order valence-electron chi connectivity index (χ1n) is 8.32. The minimum Gasteiger partial charge on any atom is -0.469 e. The van der Waals surface area contributed by atoms with Crippen molar-refractivity contribution in [2.45, 2.75) is 33.2 Å². The molecule has 0 aliphatic carbocycles. The lowest BCUT2D eigenvalue weighted by Crippen LogP contribution is -2.39. The van der Waals surface area contributed by atoms with E-state index in [1.807, 2.05) is 30.3 Å². The van der Waals surface area contributed by atoms with Gasteiger partial charge in [0, 0.05) is 19.5 Å².